The minimum absolute atomic E-state index is 1.00. The third-order valence-electron chi connectivity index (χ3n) is 2.78. The van der Waals surface area contributed by atoms with Gasteiger partial charge in [0.25, 0.3) is 0 Å². The number of anilines is 1. The molecule has 78 valence electrons. The highest BCUT2D eigenvalue weighted by Gasteiger charge is 2.16. The first-order valence-electron chi connectivity index (χ1n) is 5.27. The largest absolute Gasteiger partial charge is 0.340 e. The second-order valence-corrected chi connectivity index (χ2v) is 3.86. The van der Waals surface area contributed by atoms with Crippen LogP contribution < -0.4 is 4.90 Å². The maximum Gasteiger partial charge on any atom is 0.203 e. The average molecular weight is 194 g/mol. The van der Waals surface area contributed by atoms with Crippen LogP contribution in [0.25, 0.3) is 0 Å². The Hall–Kier alpha value is -1.03. The van der Waals surface area contributed by atoms with Crippen molar-refractivity contribution >= 4 is 5.95 Å². The molecule has 0 atom stereocenters. The summed E-state index contributed by atoms with van der Waals surface area (Å²) in [5.41, 5.74) is 1.15. The van der Waals surface area contributed by atoms with Gasteiger partial charge in [0.05, 0.1) is 5.69 Å². The molecule has 0 unspecified atom stereocenters. The predicted molar refractivity (Wildman–Crippen MR) is 57.7 cm³/mol. The summed E-state index contributed by atoms with van der Waals surface area (Å²) < 4.78 is 0. The number of piperazine rings is 1. The third kappa shape index (κ3) is 1.90. The molecule has 0 aromatic carbocycles. The smallest absolute Gasteiger partial charge is 0.203 e. The van der Waals surface area contributed by atoms with Crippen LogP contribution in [0.4, 0.5) is 5.95 Å². The maximum absolute atomic E-state index is 4.53. The van der Waals surface area contributed by atoms with E-state index in [1.807, 2.05) is 6.20 Å². The lowest BCUT2D eigenvalue weighted by Crippen LogP contribution is -2.44. The van der Waals surface area contributed by atoms with Crippen LogP contribution in [-0.2, 0) is 6.42 Å². The van der Waals surface area contributed by atoms with Gasteiger partial charge in [-0.05, 0) is 13.5 Å². The van der Waals surface area contributed by atoms with Crippen LogP contribution in [0, 0.1) is 0 Å². The lowest BCUT2D eigenvalue weighted by molar-refractivity contribution is 0.311. The Morgan fingerprint density at radius 2 is 2.07 bits per heavy atom. The Morgan fingerprint density at radius 3 is 2.64 bits per heavy atom. The molecule has 0 amide bonds. The van der Waals surface area contributed by atoms with Crippen molar-refractivity contribution in [2.45, 2.75) is 13.3 Å². The minimum atomic E-state index is 1.00. The van der Waals surface area contributed by atoms with Crippen molar-refractivity contribution in [3.05, 3.63) is 11.9 Å². The molecule has 1 fully saturated rings. The van der Waals surface area contributed by atoms with E-state index in [4.69, 9.17) is 0 Å². The summed E-state index contributed by atoms with van der Waals surface area (Å²) in [6.07, 6.45) is 3.01. The molecular formula is C10H18N4. The van der Waals surface area contributed by atoms with Crippen molar-refractivity contribution in [1.29, 1.82) is 0 Å². The molecule has 4 heteroatoms. The van der Waals surface area contributed by atoms with Gasteiger partial charge >= 0.3 is 0 Å². The predicted octanol–water partition coefficient (Wildman–Crippen LogP) is 0.724. The molecule has 1 aliphatic rings. The number of hydrogen-bond donors (Lipinski definition) is 1. The molecule has 0 saturated carbocycles. The fourth-order valence-corrected chi connectivity index (χ4v) is 1.71. The van der Waals surface area contributed by atoms with E-state index < -0.39 is 0 Å². The van der Waals surface area contributed by atoms with Crippen LogP contribution >= 0.6 is 0 Å². The van der Waals surface area contributed by atoms with Crippen LogP contribution in [0.1, 0.15) is 12.6 Å². The molecule has 2 heterocycles. The first-order valence-corrected chi connectivity index (χ1v) is 5.27. The van der Waals surface area contributed by atoms with Crippen molar-refractivity contribution in [3.63, 3.8) is 0 Å². The van der Waals surface area contributed by atoms with Gasteiger partial charge in [0.1, 0.15) is 0 Å². The zero-order valence-corrected chi connectivity index (χ0v) is 8.95. The number of H-pyrrole nitrogens is 1. The molecule has 0 spiro atoms. The van der Waals surface area contributed by atoms with Crippen LogP contribution in [0.3, 0.4) is 0 Å². The second kappa shape index (κ2) is 4.00. The van der Waals surface area contributed by atoms with Gasteiger partial charge in [-0.1, -0.05) is 6.92 Å². The zero-order chi connectivity index (χ0) is 9.97. The molecule has 1 aromatic rings. The summed E-state index contributed by atoms with van der Waals surface area (Å²) in [7, 11) is 2.16. The summed E-state index contributed by atoms with van der Waals surface area (Å²) in [4.78, 5) is 12.4. The van der Waals surface area contributed by atoms with Gasteiger partial charge in [-0.15, -0.1) is 0 Å². The fraction of sp³-hybridized carbons (Fsp3) is 0.700. The Labute approximate surface area is 84.9 Å². The fourth-order valence-electron chi connectivity index (χ4n) is 1.71. The molecule has 1 aromatic heterocycles. The molecule has 4 nitrogen and oxygen atoms in total. The van der Waals surface area contributed by atoms with Gasteiger partial charge in [-0.2, -0.15) is 0 Å². The van der Waals surface area contributed by atoms with E-state index in [1.54, 1.807) is 0 Å². The zero-order valence-electron chi connectivity index (χ0n) is 8.95. The van der Waals surface area contributed by atoms with E-state index >= 15 is 0 Å². The summed E-state index contributed by atoms with van der Waals surface area (Å²) in [5, 5.41) is 0. The quantitative estimate of drug-likeness (QED) is 0.753. The molecule has 1 saturated heterocycles. The molecule has 14 heavy (non-hydrogen) atoms. The monoisotopic (exact) mass is 194 g/mol. The molecule has 0 radical (unpaired) electrons. The van der Waals surface area contributed by atoms with Crippen molar-refractivity contribution in [1.82, 2.24) is 14.9 Å². The van der Waals surface area contributed by atoms with E-state index in [2.05, 4.69) is 33.7 Å². The Bertz CT molecular complexity index is 286. The number of imidazole rings is 1. The average Bonchev–Trinajstić information content (AvgIpc) is 2.67. The Kier molecular flexibility index (Phi) is 2.72. The van der Waals surface area contributed by atoms with E-state index in [9.17, 15) is 0 Å². The first kappa shape index (κ1) is 9.52. The van der Waals surface area contributed by atoms with Crippen molar-refractivity contribution in [2.75, 3.05) is 38.1 Å². The minimum Gasteiger partial charge on any atom is -0.340 e. The van der Waals surface area contributed by atoms with Gasteiger partial charge in [0.2, 0.25) is 5.95 Å². The molecule has 0 bridgehead atoms. The SMILES string of the molecule is CCc1c[nH]c(N2CCN(C)CC2)n1. The van der Waals surface area contributed by atoms with Gasteiger partial charge in [0.15, 0.2) is 0 Å². The molecule has 2 rings (SSSR count). The highest BCUT2D eigenvalue weighted by molar-refractivity contribution is 5.32. The van der Waals surface area contributed by atoms with Crippen LogP contribution in [0.2, 0.25) is 0 Å². The maximum atomic E-state index is 4.53. The topological polar surface area (TPSA) is 35.2 Å². The van der Waals surface area contributed by atoms with E-state index in [-0.39, 0.29) is 0 Å². The first-order chi connectivity index (χ1) is 6.79. The van der Waals surface area contributed by atoms with E-state index in [0.717, 1.165) is 44.2 Å². The van der Waals surface area contributed by atoms with Crippen molar-refractivity contribution in [3.8, 4) is 0 Å². The van der Waals surface area contributed by atoms with Crippen LogP contribution in [0.5, 0.6) is 0 Å². The third-order valence-corrected chi connectivity index (χ3v) is 2.78. The van der Waals surface area contributed by atoms with Crippen LogP contribution in [-0.4, -0.2) is 48.1 Å². The normalized spacial score (nSPS) is 18.9. The Morgan fingerprint density at radius 1 is 1.36 bits per heavy atom. The molecule has 0 aliphatic carbocycles. The highest BCUT2D eigenvalue weighted by Crippen LogP contribution is 2.11. The van der Waals surface area contributed by atoms with Crippen LogP contribution in [0.15, 0.2) is 6.20 Å². The van der Waals surface area contributed by atoms with Gasteiger partial charge in [-0.3, -0.25) is 0 Å². The van der Waals surface area contributed by atoms with E-state index in [1.165, 1.54) is 0 Å². The second-order valence-electron chi connectivity index (χ2n) is 3.86. The lowest BCUT2D eigenvalue weighted by Gasteiger charge is -2.32. The number of aryl methyl sites for hydroxylation is 1. The number of rotatable bonds is 2. The summed E-state index contributed by atoms with van der Waals surface area (Å²) in [6.45, 7) is 6.54. The molecular weight excluding hydrogens is 176 g/mol. The van der Waals surface area contributed by atoms with E-state index in [0.29, 0.717) is 0 Å². The summed E-state index contributed by atoms with van der Waals surface area (Å²) >= 11 is 0. The summed E-state index contributed by atoms with van der Waals surface area (Å²) in [5.74, 6) is 1.04. The van der Waals surface area contributed by atoms with Crippen molar-refractivity contribution in [2.24, 2.45) is 0 Å². The molecule has 1 aliphatic heterocycles. The number of hydrogen-bond acceptors (Lipinski definition) is 3. The number of nitrogens with zero attached hydrogens (tertiary/aromatic N) is 3. The lowest BCUT2D eigenvalue weighted by atomic mass is 10.3. The number of aromatic nitrogens is 2. The molecule has 1 N–H and O–H groups in total. The van der Waals surface area contributed by atoms with Gasteiger partial charge < -0.3 is 14.8 Å². The van der Waals surface area contributed by atoms with Gasteiger partial charge in [-0.25, -0.2) is 4.98 Å². The summed E-state index contributed by atoms with van der Waals surface area (Å²) in [6, 6.07) is 0. The Balaban J connectivity index is 2.01. The highest BCUT2D eigenvalue weighted by atomic mass is 15.3. The van der Waals surface area contributed by atoms with Crippen molar-refractivity contribution < 1.29 is 0 Å². The van der Waals surface area contributed by atoms with Gasteiger partial charge in [0, 0.05) is 32.4 Å². The number of likely N-dealkylation sites (N-methyl/N-ethyl adjacent to an activating group) is 1. The number of aromatic amines is 1. The number of nitrogens with one attached hydrogen (secondary N) is 1. The standard InChI is InChI=1S/C10H18N4/c1-3-9-8-11-10(12-9)14-6-4-13(2)5-7-14/h8H,3-7H2,1-2H3,(H,11,12).